The summed E-state index contributed by atoms with van der Waals surface area (Å²) in [5.74, 6) is 0.345. The number of hydrogen-bond donors (Lipinski definition) is 3. The van der Waals surface area contributed by atoms with Gasteiger partial charge in [-0.2, -0.15) is 0 Å². The van der Waals surface area contributed by atoms with Gasteiger partial charge in [0, 0.05) is 19.0 Å². The van der Waals surface area contributed by atoms with E-state index in [4.69, 9.17) is 5.73 Å². The number of rotatable bonds is 2. The summed E-state index contributed by atoms with van der Waals surface area (Å²) >= 11 is 0. The lowest BCUT2D eigenvalue weighted by Gasteiger charge is -2.27. The molecule has 1 heterocycles. The van der Waals surface area contributed by atoms with Crippen molar-refractivity contribution >= 4 is 0 Å². The first-order valence-electron chi connectivity index (χ1n) is 3.80. The van der Waals surface area contributed by atoms with Crippen molar-refractivity contribution in [2.24, 2.45) is 11.7 Å². The highest BCUT2D eigenvalue weighted by Gasteiger charge is 2.32. The van der Waals surface area contributed by atoms with Crippen LogP contribution in [0.1, 0.15) is 13.3 Å². The molecule has 10 heavy (non-hydrogen) atoms. The fourth-order valence-corrected chi connectivity index (χ4v) is 1.35. The maximum absolute atomic E-state index is 9.66. The largest absolute Gasteiger partial charge is 0.389 e. The third-order valence-electron chi connectivity index (χ3n) is 2.35. The molecule has 0 aromatic heterocycles. The zero-order valence-corrected chi connectivity index (χ0v) is 6.43. The molecule has 1 rings (SSSR count). The van der Waals surface area contributed by atoms with Gasteiger partial charge in [-0.3, -0.25) is 0 Å². The average molecular weight is 144 g/mol. The summed E-state index contributed by atoms with van der Waals surface area (Å²) in [6, 6.07) is 0. The molecule has 1 aliphatic heterocycles. The van der Waals surface area contributed by atoms with Crippen molar-refractivity contribution in [2.45, 2.75) is 18.9 Å². The Kier molecular flexibility index (Phi) is 2.28. The minimum Gasteiger partial charge on any atom is -0.389 e. The van der Waals surface area contributed by atoms with E-state index in [0.29, 0.717) is 12.5 Å². The topological polar surface area (TPSA) is 58.3 Å². The number of nitrogens with one attached hydrogen (secondary N) is 1. The second-order valence-corrected chi connectivity index (χ2v) is 3.25. The lowest BCUT2D eigenvalue weighted by molar-refractivity contribution is 0.0157. The molecule has 3 heteroatoms. The third kappa shape index (κ3) is 1.48. The Hall–Kier alpha value is -0.120. The van der Waals surface area contributed by atoms with Gasteiger partial charge in [0.05, 0.1) is 5.60 Å². The lowest BCUT2D eigenvalue weighted by atomic mass is 9.89. The van der Waals surface area contributed by atoms with E-state index < -0.39 is 5.60 Å². The minimum atomic E-state index is -0.663. The fraction of sp³-hybridized carbons (Fsp3) is 1.00. The smallest absolute Gasteiger partial charge is 0.0781 e. The molecule has 0 amide bonds. The van der Waals surface area contributed by atoms with Crippen molar-refractivity contribution in [2.75, 3.05) is 19.6 Å². The van der Waals surface area contributed by atoms with E-state index in [1.165, 1.54) is 0 Å². The van der Waals surface area contributed by atoms with E-state index >= 15 is 0 Å². The zero-order chi connectivity index (χ0) is 7.61. The molecule has 0 radical (unpaired) electrons. The molecule has 0 saturated carbocycles. The fourth-order valence-electron chi connectivity index (χ4n) is 1.35. The Morgan fingerprint density at radius 3 is 2.90 bits per heavy atom. The van der Waals surface area contributed by atoms with Crippen molar-refractivity contribution in [1.82, 2.24) is 5.32 Å². The number of hydrogen-bond acceptors (Lipinski definition) is 3. The average Bonchev–Trinajstić information content (AvgIpc) is 2.38. The molecule has 0 spiro atoms. The van der Waals surface area contributed by atoms with Crippen LogP contribution in [0.5, 0.6) is 0 Å². The first kappa shape index (κ1) is 7.98. The van der Waals surface area contributed by atoms with Gasteiger partial charge in [-0.15, -0.1) is 0 Å². The Bertz CT molecular complexity index is 108. The van der Waals surface area contributed by atoms with Crippen molar-refractivity contribution in [3.05, 3.63) is 0 Å². The van der Waals surface area contributed by atoms with Crippen LogP contribution in [0.4, 0.5) is 0 Å². The molecule has 0 aliphatic carbocycles. The van der Waals surface area contributed by atoms with Crippen LogP contribution in [0.25, 0.3) is 0 Å². The van der Waals surface area contributed by atoms with Gasteiger partial charge in [0.25, 0.3) is 0 Å². The van der Waals surface area contributed by atoms with Gasteiger partial charge in [0.1, 0.15) is 0 Å². The van der Waals surface area contributed by atoms with E-state index in [9.17, 15) is 5.11 Å². The van der Waals surface area contributed by atoms with E-state index in [2.05, 4.69) is 5.32 Å². The van der Waals surface area contributed by atoms with Gasteiger partial charge in [0.2, 0.25) is 0 Å². The van der Waals surface area contributed by atoms with Gasteiger partial charge in [-0.1, -0.05) is 0 Å². The monoisotopic (exact) mass is 144 g/mol. The Labute approximate surface area is 61.6 Å². The van der Waals surface area contributed by atoms with Gasteiger partial charge in [-0.25, -0.2) is 0 Å². The molecular weight excluding hydrogens is 128 g/mol. The lowest BCUT2D eigenvalue weighted by Crippen LogP contribution is -2.42. The van der Waals surface area contributed by atoms with Gasteiger partial charge in [-0.05, 0) is 19.9 Å². The van der Waals surface area contributed by atoms with E-state index in [0.717, 1.165) is 19.5 Å². The zero-order valence-electron chi connectivity index (χ0n) is 6.43. The molecule has 4 N–H and O–H groups in total. The summed E-state index contributed by atoms with van der Waals surface area (Å²) in [4.78, 5) is 0. The molecule has 1 fully saturated rings. The van der Waals surface area contributed by atoms with Gasteiger partial charge < -0.3 is 16.2 Å². The van der Waals surface area contributed by atoms with Gasteiger partial charge in [0.15, 0.2) is 0 Å². The van der Waals surface area contributed by atoms with Crippen LogP contribution < -0.4 is 11.1 Å². The SMILES string of the molecule is CC(O)(CN)C1CCNC1. The predicted molar refractivity (Wildman–Crippen MR) is 40.7 cm³/mol. The molecule has 1 aliphatic rings. The maximum atomic E-state index is 9.66. The molecule has 2 unspecified atom stereocenters. The van der Waals surface area contributed by atoms with Crippen LogP contribution in [0, 0.1) is 5.92 Å². The summed E-state index contributed by atoms with van der Waals surface area (Å²) in [7, 11) is 0. The van der Waals surface area contributed by atoms with Gasteiger partial charge >= 0.3 is 0 Å². The van der Waals surface area contributed by atoms with E-state index in [1.807, 2.05) is 6.92 Å². The highest BCUT2D eigenvalue weighted by molar-refractivity contribution is 4.88. The molecule has 0 aromatic carbocycles. The molecule has 0 aromatic rings. The van der Waals surface area contributed by atoms with Crippen LogP contribution in [-0.2, 0) is 0 Å². The summed E-state index contributed by atoms with van der Waals surface area (Å²) in [5.41, 5.74) is 4.75. The Morgan fingerprint density at radius 1 is 1.80 bits per heavy atom. The van der Waals surface area contributed by atoms with Crippen LogP contribution in [0.3, 0.4) is 0 Å². The maximum Gasteiger partial charge on any atom is 0.0781 e. The van der Waals surface area contributed by atoms with E-state index in [-0.39, 0.29) is 0 Å². The molecule has 60 valence electrons. The van der Waals surface area contributed by atoms with E-state index in [1.54, 1.807) is 0 Å². The highest BCUT2D eigenvalue weighted by atomic mass is 16.3. The second kappa shape index (κ2) is 2.86. The molecule has 3 nitrogen and oxygen atoms in total. The quantitative estimate of drug-likeness (QED) is 0.480. The third-order valence-corrected chi connectivity index (χ3v) is 2.35. The Balaban J connectivity index is 2.45. The Morgan fingerprint density at radius 2 is 2.50 bits per heavy atom. The molecular formula is C7H16N2O. The molecule has 2 atom stereocenters. The van der Waals surface area contributed by atoms with Crippen molar-refractivity contribution in [3.8, 4) is 0 Å². The van der Waals surface area contributed by atoms with Crippen LogP contribution in [-0.4, -0.2) is 30.3 Å². The van der Waals surface area contributed by atoms with Crippen molar-refractivity contribution < 1.29 is 5.11 Å². The molecule has 1 saturated heterocycles. The van der Waals surface area contributed by atoms with Crippen LogP contribution in [0.2, 0.25) is 0 Å². The van der Waals surface area contributed by atoms with Crippen molar-refractivity contribution in [3.63, 3.8) is 0 Å². The summed E-state index contributed by atoms with van der Waals surface area (Å²) in [5, 5.41) is 12.9. The van der Waals surface area contributed by atoms with Crippen LogP contribution in [0.15, 0.2) is 0 Å². The molecule has 0 bridgehead atoms. The normalized spacial score (nSPS) is 32.1. The van der Waals surface area contributed by atoms with Crippen molar-refractivity contribution in [1.29, 1.82) is 0 Å². The summed E-state index contributed by atoms with van der Waals surface area (Å²) < 4.78 is 0. The predicted octanol–water partition coefficient (Wildman–Crippen LogP) is -0.694. The highest BCUT2D eigenvalue weighted by Crippen LogP contribution is 2.21. The first-order valence-corrected chi connectivity index (χ1v) is 3.80. The second-order valence-electron chi connectivity index (χ2n) is 3.25. The summed E-state index contributed by atoms with van der Waals surface area (Å²) in [6.45, 7) is 4.09. The minimum absolute atomic E-state index is 0.345. The number of nitrogens with two attached hydrogens (primary N) is 1. The number of aliphatic hydroxyl groups is 1. The summed E-state index contributed by atoms with van der Waals surface area (Å²) in [6.07, 6.45) is 1.05. The van der Waals surface area contributed by atoms with Crippen LogP contribution >= 0.6 is 0 Å². The standard InChI is InChI=1S/C7H16N2O/c1-7(10,5-8)6-2-3-9-4-6/h6,9-10H,2-5,8H2,1H3. The first-order chi connectivity index (χ1) is 4.67.